The van der Waals surface area contributed by atoms with E-state index in [2.05, 4.69) is 21.2 Å². The Labute approximate surface area is 108 Å². The van der Waals surface area contributed by atoms with Crippen LogP contribution in [-0.2, 0) is 0 Å². The van der Waals surface area contributed by atoms with Crippen molar-refractivity contribution in [1.29, 1.82) is 0 Å². The fourth-order valence-electron chi connectivity index (χ4n) is 1.85. The molecule has 17 heavy (non-hydrogen) atoms. The van der Waals surface area contributed by atoms with Crippen molar-refractivity contribution in [2.45, 2.75) is 18.9 Å². The Morgan fingerprint density at radius 2 is 2.29 bits per heavy atom. The van der Waals surface area contributed by atoms with Crippen molar-refractivity contribution >= 4 is 27.3 Å². The Hall–Kier alpha value is -1.14. The molecule has 6 heteroatoms. The van der Waals surface area contributed by atoms with E-state index in [0.717, 1.165) is 12.8 Å². The number of benzene rings is 1. The lowest BCUT2D eigenvalue weighted by molar-refractivity contribution is -0.384. The van der Waals surface area contributed by atoms with Gasteiger partial charge in [-0.2, -0.15) is 0 Å². The van der Waals surface area contributed by atoms with Gasteiger partial charge in [-0.3, -0.25) is 10.1 Å². The molecule has 1 saturated carbocycles. The molecule has 0 aliphatic heterocycles. The van der Waals surface area contributed by atoms with Gasteiger partial charge in [-0.25, -0.2) is 0 Å². The van der Waals surface area contributed by atoms with E-state index in [0.29, 0.717) is 22.6 Å². The van der Waals surface area contributed by atoms with E-state index in [1.807, 2.05) is 0 Å². The van der Waals surface area contributed by atoms with Crippen LogP contribution in [0.4, 0.5) is 11.4 Å². The first-order valence-corrected chi connectivity index (χ1v) is 6.31. The second-order valence-corrected chi connectivity index (χ2v) is 5.16. The minimum Gasteiger partial charge on any atom is -0.375 e. The molecular weight excluding hydrogens is 286 g/mol. The third-order valence-electron chi connectivity index (χ3n) is 2.94. The van der Waals surface area contributed by atoms with Crippen LogP contribution in [-0.4, -0.2) is 17.5 Å². The lowest BCUT2D eigenvalue weighted by Gasteiger charge is -2.17. The number of nitro groups is 1. The number of nitrogens with zero attached hydrogens (tertiary/aromatic N) is 1. The van der Waals surface area contributed by atoms with Crippen molar-refractivity contribution in [2.75, 3.05) is 11.9 Å². The van der Waals surface area contributed by atoms with Gasteiger partial charge < -0.3 is 11.1 Å². The maximum atomic E-state index is 10.9. The largest absolute Gasteiger partial charge is 0.375 e. The highest BCUT2D eigenvalue weighted by atomic mass is 79.9. The van der Waals surface area contributed by atoms with Crippen LogP contribution in [0.2, 0.25) is 0 Å². The monoisotopic (exact) mass is 299 g/mol. The summed E-state index contributed by atoms with van der Waals surface area (Å²) in [4.78, 5) is 10.6. The van der Waals surface area contributed by atoms with Crippen molar-refractivity contribution in [3.63, 3.8) is 0 Å². The number of hydrogen-bond donors (Lipinski definition) is 2. The quantitative estimate of drug-likeness (QED) is 0.646. The number of rotatable bonds is 5. The summed E-state index contributed by atoms with van der Waals surface area (Å²) < 4.78 is 0.700. The molecule has 3 N–H and O–H groups in total. The molecule has 1 aliphatic carbocycles. The molecule has 2 rings (SSSR count). The number of nitrogens with one attached hydrogen (secondary N) is 1. The summed E-state index contributed by atoms with van der Waals surface area (Å²) >= 11 is 3.23. The molecule has 5 nitrogen and oxygen atoms in total. The van der Waals surface area contributed by atoms with Crippen molar-refractivity contribution in [2.24, 2.45) is 11.7 Å². The van der Waals surface area contributed by atoms with E-state index < -0.39 is 0 Å². The van der Waals surface area contributed by atoms with Crippen molar-refractivity contribution in [3.05, 3.63) is 32.8 Å². The van der Waals surface area contributed by atoms with Crippen LogP contribution in [0.25, 0.3) is 0 Å². The normalized spacial score (nSPS) is 16.6. The summed E-state index contributed by atoms with van der Waals surface area (Å²) in [5.41, 5.74) is 6.30. The smallest absolute Gasteiger partial charge is 0.293 e. The van der Waals surface area contributed by atoms with Gasteiger partial charge >= 0.3 is 0 Å². The van der Waals surface area contributed by atoms with Crippen molar-refractivity contribution in [3.8, 4) is 0 Å². The minimum absolute atomic E-state index is 0.0819. The Kier molecular flexibility index (Phi) is 3.63. The zero-order valence-electron chi connectivity index (χ0n) is 9.23. The summed E-state index contributed by atoms with van der Waals surface area (Å²) in [5.74, 6) is 0.559. The molecular formula is C11H14BrN3O2. The lowest BCUT2D eigenvalue weighted by Crippen LogP contribution is -2.31. The number of hydrogen-bond acceptors (Lipinski definition) is 4. The Bertz CT molecular complexity index is 435. The highest BCUT2D eigenvalue weighted by molar-refractivity contribution is 9.10. The number of halogens is 1. The van der Waals surface area contributed by atoms with Crippen LogP contribution in [0.3, 0.4) is 0 Å². The summed E-state index contributed by atoms with van der Waals surface area (Å²) in [5, 5.41) is 14.1. The van der Waals surface area contributed by atoms with Gasteiger partial charge in [0, 0.05) is 23.1 Å². The first-order valence-electron chi connectivity index (χ1n) is 5.52. The minimum atomic E-state index is -0.381. The van der Waals surface area contributed by atoms with Crippen LogP contribution in [0.1, 0.15) is 12.8 Å². The molecule has 0 amide bonds. The number of nitrogens with two attached hydrogens (primary N) is 1. The molecule has 0 spiro atoms. The maximum Gasteiger partial charge on any atom is 0.293 e. The third kappa shape index (κ3) is 2.95. The van der Waals surface area contributed by atoms with Crippen molar-refractivity contribution in [1.82, 2.24) is 0 Å². The third-order valence-corrected chi connectivity index (χ3v) is 3.44. The first-order chi connectivity index (χ1) is 8.11. The van der Waals surface area contributed by atoms with Crippen LogP contribution in [0.15, 0.2) is 22.7 Å². The Balaban J connectivity index is 2.21. The molecule has 0 aromatic heterocycles. The number of nitro benzene ring substituents is 1. The second kappa shape index (κ2) is 5.01. The van der Waals surface area contributed by atoms with Crippen molar-refractivity contribution < 1.29 is 4.92 Å². The topological polar surface area (TPSA) is 81.2 Å². The Morgan fingerprint density at radius 1 is 1.59 bits per heavy atom. The lowest BCUT2D eigenvalue weighted by atomic mass is 10.1. The van der Waals surface area contributed by atoms with Gasteiger partial charge in [0.1, 0.15) is 5.69 Å². The SMILES string of the molecule is NCC(Nc1ccc(Br)cc1[N+](=O)[O-])C1CC1. The van der Waals surface area contributed by atoms with Gasteiger partial charge in [0.25, 0.3) is 5.69 Å². The van der Waals surface area contributed by atoms with Crippen LogP contribution in [0.5, 0.6) is 0 Å². The molecule has 0 radical (unpaired) electrons. The molecule has 0 saturated heterocycles. The molecule has 0 bridgehead atoms. The highest BCUT2D eigenvalue weighted by Crippen LogP contribution is 2.36. The average Bonchev–Trinajstić information content (AvgIpc) is 3.11. The summed E-state index contributed by atoms with van der Waals surface area (Å²) in [6.45, 7) is 0.498. The van der Waals surface area contributed by atoms with Crippen LogP contribution < -0.4 is 11.1 Å². The molecule has 1 aromatic carbocycles. The second-order valence-electron chi connectivity index (χ2n) is 4.24. The summed E-state index contributed by atoms with van der Waals surface area (Å²) in [6, 6.07) is 5.14. The standard InChI is InChI=1S/C11H14BrN3O2/c12-8-3-4-9(11(5-8)15(16)17)14-10(6-13)7-1-2-7/h3-5,7,10,14H,1-2,6,13H2. The van der Waals surface area contributed by atoms with Gasteiger partial charge in [-0.1, -0.05) is 15.9 Å². The zero-order valence-corrected chi connectivity index (χ0v) is 10.8. The molecule has 1 atom stereocenters. The van der Waals surface area contributed by atoms with E-state index in [4.69, 9.17) is 5.73 Å². The predicted octanol–water partition coefficient (Wildman–Crippen LogP) is 2.51. The molecule has 1 aliphatic rings. The predicted molar refractivity (Wildman–Crippen MR) is 70.0 cm³/mol. The summed E-state index contributed by atoms with van der Waals surface area (Å²) in [7, 11) is 0. The first kappa shape index (κ1) is 12.3. The van der Waals surface area contributed by atoms with Gasteiger partial charge in [0.05, 0.1) is 4.92 Å². The van der Waals surface area contributed by atoms with E-state index in [9.17, 15) is 10.1 Å². The average molecular weight is 300 g/mol. The summed E-state index contributed by atoms with van der Waals surface area (Å²) in [6.07, 6.45) is 2.30. The van der Waals surface area contributed by atoms with Gasteiger partial charge in [-0.05, 0) is 30.9 Å². The molecule has 1 aromatic rings. The molecule has 0 heterocycles. The van der Waals surface area contributed by atoms with Crippen LogP contribution in [0, 0.1) is 16.0 Å². The fourth-order valence-corrected chi connectivity index (χ4v) is 2.19. The Morgan fingerprint density at radius 3 is 2.82 bits per heavy atom. The molecule has 1 unspecified atom stereocenters. The van der Waals surface area contributed by atoms with E-state index in [-0.39, 0.29) is 16.7 Å². The number of anilines is 1. The van der Waals surface area contributed by atoms with E-state index in [1.54, 1.807) is 12.1 Å². The van der Waals surface area contributed by atoms with E-state index >= 15 is 0 Å². The van der Waals surface area contributed by atoms with E-state index in [1.165, 1.54) is 6.07 Å². The zero-order chi connectivity index (χ0) is 12.4. The molecule has 1 fully saturated rings. The maximum absolute atomic E-state index is 10.9. The molecule has 92 valence electrons. The fraction of sp³-hybridized carbons (Fsp3) is 0.455. The van der Waals surface area contributed by atoms with Gasteiger partial charge in [0.2, 0.25) is 0 Å². The highest BCUT2D eigenvalue weighted by Gasteiger charge is 2.31. The van der Waals surface area contributed by atoms with Gasteiger partial charge in [-0.15, -0.1) is 0 Å². The van der Waals surface area contributed by atoms with Gasteiger partial charge in [0.15, 0.2) is 0 Å². The van der Waals surface area contributed by atoms with Crippen LogP contribution >= 0.6 is 15.9 Å².